The van der Waals surface area contributed by atoms with Gasteiger partial charge in [0.2, 0.25) is 5.91 Å². The van der Waals surface area contributed by atoms with Crippen molar-refractivity contribution < 1.29 is 23.2 Å². The van der Waals surface area contributed by atoms with Crippen molar-refractivity contribution >= 4 is 28.3 Å². The van der Waals surface area contributed by atoms with Crippen LogP contribution in [0.5, 0.6) is 0 Å². The Kier molecular flexibility index (Phi) is 4.48. The quantitative estimate of drug-likeness (QED) is 0.604. The first kappa shape index (κ1) is 16.5. The van der Waals surface area contributed by atoms with Gasteiger partial charge >= 0.3 is 5.97 Å². The lowest BCUT2D eigenvalue weighted by Crippen LogP contribution is -2.23. The molecule has 0 atom stereocenters. The summed E-state index contributed by atoms with van der Waals surface area (Å²) in [6.45, 7) is 0.541. The van der Waals surface area contributed by atoms with Gasteiger partial charge in [-0.15, -0.1) is 21.5 Å². The van der Waals surface area contributed by atoms with E-state index in [0.717, 1.165) is 6.42 Å². The molecule has 1 fully saturated rings. The number of hydrogen-bond donors (Lipinski definition) is 0. The van der Waals surface area contributed by atoms with Crippen LogP contribution in [0.2, 0.25) is 0 Å². The maximum absolute atomic E-state index is 12.0. The molecule has 0 bridgehead atoms. The van der Waals surface area contributed by atoms with Crippen LogP contribution in [-0.2, 0) is 27.4 Å². The average molecular weight is 374 g/mol. The van der Waals surface area contributed by atoms with Crippen LogP contribution in [0, 0.1) is 0 Å². The third-order valence-corrected chi connectivity index (χ3v) is 4.64. The lowest BCUT2D eigenvalue weighted by molar-refractivity contribution is -0.144. The van der Waals surface area contributed by atoms with Crippen molar-refractivity contribution in [2.45, 2.75) is 25.9 Å². The minimum Gasteiger partial charge on any atom is -0.459 e. The largest absolute Gasteiger partial charge is 0.459 e. The topological polar surface area (TPSA) is 112 Å². The Labute approximate surface area is 151 Å². The summed E-state index contributed by atoms with van der Waals surface area (Å²) in [5.41, 5.74) is 0.566. The molecule has 0 aromatic carbocycles. The summed E-state index contributed by atoms with van der Waals surface area (Å²) in [4.78, 5) is 29.7. The van der Waals surface area contributed by atoms with Crippen molar-refractivity contribution in [3.8, 4) is 11.7 Å². The summed E-state index contributed by atoms with van der Waals surface area (Å²) in [7, 11) is 0. The third kappa shape index (κ3) is 3.49. The first-order chi connectivity index (χ1) is 12.7. The van der Waals surface area contributed by atoms with E-state index in [0.29, 0.717) is 29.6 Å². The van der Waals surface area contributed by atoms with E-state index in [1.165, 1.54) is 17.6 Å². The van der Waals surface area contributed by atoms with Crippen LogP contribution < -0.4 is 4.90 Å². The molecule has 10 heteroatoms. The highest BCUT2D eigenvalue weighted by Crippen LogP contribution is 2.25. The van der Waals surface area contributed by atoms with Crippen LogP contribution in [0.25, 0.3) is 11.7 Å². The van der Waals surface area contributed by atoms with Gasteiger partial charge in [-0.25, -0.2) is 4.98 Å². The van der Waals surface area contributed by atoms with Crippen LogP contribution in [0.3, 0.4) is 0 Å². The van der Waals surface area contributed by atoms with Gasteiger partial charge in [-0.2, -0.15) is 0 Å². The van der Waals surface area contributed by atoms with Crippen molar-refractivity contribution in [3.63, 3.8) is 0 Å². The summed E-state index contributed by atoms with van der Waals surface area (Å²) < 4.78 is 15.6. The van der Waals surface area contributed by atoms with Gasteiger partial charge in [0.1, 0.15) is 0 Å². The van der Waals surface area contributed by atoms with Crippen LogP contribution in [0.4, 0.5) is 5.13 Å². The highest BCUT2D eigenvalue weighted by atomic mass is 32.1. The molecule has 0 unspecified atom stereocenters. The average Bonchev–Trinajstić information content (AvgIpc) is 3.40. The molecule has 9 nitrogen and oxygen atoms in total. The van der Waals surface area contributed by atoms with Crippen LogP contribution >= 0.6 is 11.3 Å². The monoisotopic (exact) mass is 374 g/mol. The fourth-order valence-corrected chi connectivity index (χ4v) is 3.37. The van der Waals surface area contributed by atoms with E-state index in [4.69, 9.17) is 13.6 Å². The van der Waals surface area contributed by atoms with E-state index in [1.54, 1.807) is 22.4 Å². The molecular weight excluding hydrogens is 360 g/mol. The molecule has 1 aliphatic rings. The zero-order valence-corrected chi connectivity index (χ0v) is 14.4. The molecule has 134 valence electrons. The van der Waals surface area contributed by atoms with E-state index >= 15 is 0 Å². The standard InChI is InChI=1S/C16H14N4O5S/c21-13-4-1-5-20(13)16-17-10(9-26-16)7-14(22)24-8-12-18-19-15(25-12)11-3-2-6-23-11/h2-3,6,9H,1,4-5,7-8H2. The number of amides is 1. The van der Waals surface area contributed by atoms with Crippen molar-refractivity contribution in [2.24, 2.45) is 0 Å². The number of esters is 1. The SMILES string of the molecule is O=C(Cc1csc(N2CCCC2=O)n1)OCc1nnc(-c2ccco2)o1. The molecular formula is C16H14N4O5S. The van der Waals surface area contributed by atoms with Crippen molar-refractivity contribution in [1.82, 2.24) is 15.2 Å². The number of nitrogens with zero attached hydrogens (tertiary/aromatic N) is 4. The lowest BCUT2D eigenvalue weighted by atomic mass is 10.3. The predicted molar refractivity (Wildman–Crippen MR) is 89.2 cm³/mol. The second kappa shape index (κ2) is 7.08. The summed E-state index contributed by atoms with van der Waals surface area (Å²) in [5, 5.41) is 10.0. The summed E-state index contributed by atoms with van der Waals surface area (Å²) >= 11 is 1.34. The van der Waals surface area contributed by atoms with E-state index in [2.05, 4.69) is 15.2 Å². The van der Waals surface area contributed by atoms with Gasteiger partial charge in [-0.05, 0) is 18.6 Å². The van der Waals surface area contributed by atoms with Gasteiger partial charge in [0, 0.05) is 18.3 Å². The van der Waals surface area contributed by atoms with Crippen molar-refractivity contribution in [1.29, 1.82) is 0 Å². The Morgan fingerprint density at radius 1 is 1.38 bits per heavy atom. The van der Waals surface area contributed by atoms with Crippen LogP contribution in [0.15, 0.2) is 32.6 Å². The number of carbonyl (C=O) groups excluding carboxylic acids is 2. The first-order valence-corrected chi connectivity index (χ1v) is 8.83. The van der Waals surface area contributed by atoms with Crippen LogP contribution in [0.1, 0.15) is 24.4 Å². The van der Waals surface area contributed by atoms with E-state index < -0.39 is 5.97 Å². The number of thiazole rings is 1. The zero-order valence-electron chi connectivity index (χ0n) is 13.6. The molecule has 3 aromatic heterocycles. The number of ether oxygens (including phenoxy) is 1. The third-order valence-electron chi connectivity index (χ3n) is 3.72. The van der Waals surface area contributed by atoms with Crippen molar-refractivity contribution in [3.05, 3.63) is 35.4 Å². The highest BCUT2D eigenvalue weighted by Gasteiger charge is 2.24. The summed E-state index contributed by atoms with van der Waals surface area (Å²) in [5.74, 6) is 0.443. The second-order valence-corrected chi connectivity index (χ2v) is 6.42. The van der Waals surface area contributed by atoms with Gasteiger partial charge in [0.25, 0.3) is 11.8 Å². The maximum atomic E-state index is 12.0. The smallest absolute Gasteiger partial charge is 0.312 e. The Hall–Kier alpha value is -3.01. The molecule has 0 aliphatic carbocycles. The zero-order chi connectivity index (χ0) is 17.9. The fraction of sp³-hybridized carbons (Fsp3) is 0.312. The minimum absolute atomic E-state index is 0.0116. The molecule has 0 radical (unpaired) electrons. The van der Waals surface area contributed by atoms with Gasteiger partial charge in [0.15, 0.2) is 17.5 Å². The normalized spacial score (nSPS) is 14.2. The second-order valence-electron chi connectivity index (χ2n) is 5.59. The van der Waals surface area contributed by atoms with E-state index in [9.17, 15) is 9.59 Å². The number of hydrogen-bond acceptors (Lipinski definition) is 9. The van der Waals surface area contributed by atoms with E-state index in [1.807, 2.05) is 0 Å². The molecule has 0 spiro atoms. The van der Waals surface area contributed by atoms with Crippen molar-refractivity contribution in [2.75, 3.05) is 11.4 Å². The molecule has 1 saturated heterocycles. The predicted octanol–water partition coefficient (Wildman–Crippen LogP) is 2.20. The minimum atomic E-state index is -0.465. The summed E-state index contributed by atoms with van der Waals surface area (Å²) in [6.07, 6.45) is 2.88. The Bertz CT molecular complexity index is 917. The van der Waals surface area contributed by atoms with E-state index in [-0.39, 0.29) is 30.7 Å². The number of furan rings is 1. The van der Waals surface area contributed by atoms with Gasteiger partial charge in [0.05, 0.1) is 18.4 Å². The summed E-state index contributed by atoms with van der Waals surface area (Å²) in [6, 6.07) is 3.39. The lowest BCUT2D eigenvalue weighted by Gasteiger charge is -2.10. The molecule has 1 aliphatic heterocycles. The maximum Gasteiger partial charge on any atom is 0.312 e. The fourth-order valence-electron chi connectivity index (χ4n) is 2.50. The molecule has 4 rings (SSSR count). The molecule has 1 amide bonds. The Morgan fingerprint density at radius 2 is 2.31 bits per heavy atom. The first-order valence-electron chi connectivity index (χ1n) is 7.96. The molecule has 3 aromatic rings. The molecule has 4 heterocycles. The van der Waals surface area contributed by atoms with Gasteiger partial charge in [-0.3, -0.25) is 14.5 Å². The van der Waals surface area contributed by atoms with Gasteiger partial charge < -0.3 is 13.6 Å². The number of carbonyl (C=O) groups is 2. The Morgan fingerprint density at radius 3 is 3.08 bits per heavy atom. The molecule has 0 N–H and O–H groups in total. The number of aromatic nitrogens is 3. The van der Waals surface area contributed by atoms with Gasteiger partial charge in [-0.1, -0.05) is 0 Å². The van der Waals surface area contributed by atoms with Crippen LogP contribution in [-0.4, -0.2) is 33.6 Å². The molecule has 26 heavy (non-hydrogen) atoms. The Balaban J connectivity index is 1.30. The number of anilines is 1. The number of rotatable bonds is 6. The molecule has 0 saturated carbocycles. The highest BCUT2D eigenvalue weighted by molar-refractivity contribution is 7.14.